The molecular formula is C6H12BNO. The van der Waals surface area contributed by atoms with Gasteiger partial charge in [-0.3, -0.25) is 0 Å². The molecule has 0 atom stereocenters. The molecule has 50 valence electrons. The molecule has 0 spiro atoms. The fraction of sp³-hybridized carbons (Fsp3) is 0.833. The van der Waals surface area contributed by atoms with Crippen molar-refractivity contribution in [3.8, 4) is 5.97 Å². The number of rotatable bonds is 4. The lowest BCUT2D eigenvalue weighted by molar-refractivity contribution is 0.576. The van der Waals surface area contributed by atoms with Crippen LogP contribution in [0.2, 0.25) is 6.32 Å². The molecule has 0 amide bonds. The van der Waals surface area contributed by atoms with Gasteiger partial charge in [-0.15, -0.1) is 0 Å². The summed E-state index contributed by atoms with van der Waals surface area (Å²) in [6, 6.07) is 0. The second-order valence-corrected chi connectivity index (χ2v) is 2.14. The Balaban J connectivity index is 2.99. The highest BCUT2D eigenvalue weighted by atomic mass is 16.2. The number of nitriles is 1. The van der Waals surface area contributed by atoms with E-state index < -0.39 is 6.92 Å². The SMILES string of the molecule is CCCCCB(O)C#N. The van der Waals surface area contributed by atoms with Gasteiger partial charge in [0.2, 0.25) is 0 Å². The highest BCUT2D eigenvalue weighted by Gasteiger charge is 2.06. The van der Waals surface area contributed by atoms with E-state index in [1.165, 1.54) is 0 Å². The molecule has 0 aromatic carbocycles. The van der Waals surface area contributed by atoms with Crippen molar-refractivity contribution in [3.05, 3.63) is 0 Å². The van der Waals surface area contributed by atoms with Crippen LogP contribution in [0.25, 0.3) is 0 Å². The molecule has 0 aromatic rings. The molecule has 0 bridgehead atoms. The summed E-state index contributed by atoms with van der Waals surface area (Å²) < 4.78 is 0. The molecule has 0 aliphatic rings. The number of unbranched alkanes of at least 4 members (excludes halogenated alkanes) is 2. The maximum atomic E-state index is 8.72. The van der Waals surface area contributed by atoms with Crippen LogP contribution in [0.4, 0.5) is 0 Å². The molecule has 0 aromatic heterocycles. The third-order valence-corrected chi connectivity index (χ3v) is 1.23. The molecule has 0 radical (unpaired) electrons. The quantitative estimate of drug-likeness (QED) is 0.453. The van der Waals surface area contributed by atoms with E-state index in [0.29, 0.717) is 6.32 Å². The first-order valence-electron chi connectivity index (χ1n) is 3.39. The van der Waals surface area contributed by atoms with Crippen molar-refractivity contribution in [3.63, 3.8) is 0 Å². The summed E-state index contributed by atoms with van der Waals surface area (Å²) in [5.74, 6) is 1.78. The first-order valence-corrected chi connectivity index (χ1v) is 3.39. The van der Waals surface area contributed by atoms with Gasteiger partial charge in [-0.1, -0.05) is 26.2 Å². The van der Waals surface area contributed by atoms with Crippen LogP contribution in [0.1, 0.15) is 26.2 Å². The summed E-state index contributed by atoms with van der Waals surface area (Å²) >= 11 is 0. The fourth-order valence-electron chi connectivity index (χ4n) is 0.652. The van der Waals surface area contributed by atoms with E-state index in [0.717, 1.165) is 19.3 Å². The summed E-state index contributed by atoms with van der Waals surface area (Å²) in [7, 11) is 0. The Kier molecular flexibility index (Phi) is 5.34. The van der Waals surface area contributed by atoms with Gasteiger partial charge >= 0.3 is 6.92 Å². The lowest BCUT2D eigenvalue weighted by Crippen LogP contribution is -2.07. The largest absolute Gasteiger partial charge is 0.439 e. The van der Waals surface area contributed by atoms with Crippen LogP contribution in [0, 0.1) is 11.2 Å². The molecule has 0 fully saturated rings. The van der Waals surface area contributed by atoms with E-state index >= 15 is 0 Å². The topological polar surface area (TPSA) is 44.0 Å². The lowest BCUT2D eigenvalue weighted by atomic mass is 9.66. The maximum absolute atomic E-state index is 8.72. The second-order valence-electron chi connectivity index (χ2n) is 2.14. The molecule has 2 nitrogen and oxygen atoms in total. The zero-order valence-electron chi connectivity index (χ0n) is 5.80. The summed E-state index contributed by atoms with van der Waals surface area (Å²) in [6.45, 7) is 1.36. The van der Waals surface area contributed by atoms with Crippen molar-refractivity contribution >= 4 is 6.92 Å². The monoisotopic (exact) mass is 125 g/mol. The summed E-state index contributed by atoms with van der Waals surface area (Å²) in [6.07, 6.45) is 3.84. The Morgan fingerprint density at radius 3 is 2.67 bits per heavy atom. The van der Waals surface area contributed by atoms with Crippen LogP contribution in [0.15, 0.2) is 0 Å². The summed E-state index contributed by atoms with van der Waals surface area (Å²) in [4.78, 5) is 0. The van der Waals surface area contributed by atoms with Gasteiger partial charge in [-0.2, -0.15) is 0 Å². The number of hydrogen-bond donors (Lipinski definition) is 1. The molecular weight excluding hydrogens is 113 g/mol. The Morgan fingerprint density at radius 2 is 2.22 bits per heavy atom. The van der Waals surface area contributed by atoms with Gasteiger partial charge < -0.3 is 5.02 Å². The molecule has 3 heteroatoms. The predicted octanol–water partition coefficient (Wildman–Crippen LogP) is 1.22. The second kappa shape index (κ2) is 5.65. The van der Waals surface area contributed by atoms with Crippen LogP contribution in [-0.2, 0) is 0 Å². The van der Waals surface area contributed by atoms with Crippen LogP contribution < -0.4 is 0 Å². The Bertz CT molecular complexity index is 99.7. The van der Waals surface area contributed by atoms with Crippen molar-refractivity contribution in [1.82, 2.24) is 0 Å². The van der Waals surface area contributed by atoms with Gasteiger partial charge in [-0.25, -0.2) is 5.26 Å². The van der Waals surface area contributed by atoms with Gasteiger partial charge in [0.25, 0.3) is 0 Å². The third-order valence-electron chi connectivity index (χ3n) is 1.23. The smallest absolute Gasteiger partial charge is 0.411 e. The normalized spacial score (nSPS) is 8.56. The molecule has 0 aliphatic carbocycles. The standard InChI is InChI=1S/C6H12BNO/c1-2-3-4-5-7(9)6-8/h9H,2-5H2,1H3. The minimum Gasteiger partial charge on any atom is -0.439 e. The third kappa shape index (κ3) is 5.39. The number of hydrogen-bond acceptors (Lipinski definition) is 2. The summed E-state index contributed by atoms with van der Waals surface area (Å²) in [5, 5.41) is 16.9. The Labute approximate surface area is 56.6 Å². The molecule has 1 N–H and O–H groups in total. The van der Waals surface area contributed by atoms with Crippen LogP contribution in [0.3, 0.4) is 0 Å². The predicted molar refractivity (Wildman–Crippen MR) is 37.9 cm³/mol. The summed E-state index contributed by atoms with van der Waals surface area (Å²) in [5.41, 5.74) is 0. The van der Waals surface area contributed by atoms with Gasteiger partial charge in [0.1, 0.15) is 0 Å². The first-order chi connectivity index (χ1) is 4.31. The van der Waals surface area contributed by atoms with Crippen molar-refractivity contribution < 1.29 is 5.02 Å². The van der Waals surface area contributed by atoms with Gasteiger partial charge in [-0.05, 0) is 6.32 Å². The van der Waals surface area contributed by atoms with Crippen molar-refractivity contribution in [1.29, 1.82) is 5.26 Å². The average Bonchev–Trinajstić information content (AvgIpc) is 1.89. The maximum Gasteiger partial charge on any atom is 0.411 e. The van der Waals surface area contributed by atoms with Gasteiger partial charge in [0.15, 0.2) is 0 Å². The highest BCUT2D eigenvalue weighted by molar-refractivity contribution is 6.58. The first kappa shape index (κ1) is 8.51. The number of nitrogens with zero attached hydrogens (tertiary/aromatic N) is 1. The molecule has 0 unspecified atom stereocenters. The molecule has 0 rings (SSSR count). The van der Waals surface area contributed by atoms with Gasteiger partial charge in [0, 0.05) is 5.97 Å². The van der Waals surface area contributed by atoms with E-state index in [-0.39, 0.29) is 0 Å². The Hall–Kier alpha value is -0.485. The molecule has 0 heterocycles. The van der Waals surface area contributed by atoms with E-state index in [2.05, 4.69) is 6.92 Å². The minimum absolute atomic E-state index is 0.629. The lowest BCUT2D eigenvalue weighted by Gasteiger charge is -1.93. The molecule has 9 heavy (non-hydrogen) atoms. The van der Waals surface area contributed by atoms with E-state index in [9.17, 15) is 0 Å². The van der Waals surface area contributed by atoms with Crippen LogP contribution in [-0.4, -0.2) is 11.9 Å². The van der Waals surface area contributed by atoms with Crippen molar-refractivity contribution in [2.24, 2.45) is 0 Å². The van der Waals surface area contributed by atoms with Crippen molar-refractivity contribution in [2.45, 2.75) is 32.5 Å². The zero-order chi connectivity index (χ0) is 7.11. The fourth-order valence-corrected chi connectivity index (χ4v) is 0.652. The minimum atomic E-state index is -0.739. The Morgan fingerprint density at radius 1 is 1.56 bits per heavy atom. The molecule has 0 aliphatic heterocycles. The van der Waals surface area contributed by atoms with E-state index in [4.69, 9.17) is 10.3 Å². The average molecular weight is 125 g/mol. The molecule has 0 saturated heterocycles. The van der Waals surface area contributed by atoms with E-state index in [1.54, 1.807) is 5.97 Å². The molecule has 0 saturated carbocycles. The van der Waals surface area contributed by atoms with Crippen LogP contribution >= 0.6 is 0 Å². The van der Waals surface area contributed by atoms with Crippen molar-refractivity contribution in [2.75, 3.05) is 0 Å². The highest BCUT2D eigenvalue weighted by Crippen LogP contribution is 2.00. The zero-order valence-corrected chi connectivity index (χ0v) is 5.80. The van der Waals surface area contributed by atoms with Gasteiger partial charge in [0.05, 0.1) is 0 Å². The van der Waals surface area contributed by atoms with Crippen LogP contribution in [0.5, 0.6) is 0 Å². The van der Waals surface area contributed by atoms with E-state index in [1.807, 2.05) is 0 Å².